The Hall–Kier alpha value is -1.81. The number of aliphatic imine (C=N–C) groups is 1. The summed E-state index contributed by atoms with van der Waals surface area (Å²) in [6, 6.07) is 0. The Morgan fingerprint density at radius 2 is 2.05 bits per heavy atom. The summed E-state index contributed by atoms with van der Waals surface area (Å²) in [5.41, 5.74) is 7.77. The summed E-state index contributed by atoms with van der Waals surface area (Å²) < 4.78 is 23.1. The van der Waals surface area contributed by atoms with Crippen LogP contribution >= 0.6 is 0 Å². The molecule has 1 aromatic rings. The molecule has 0 bridgehead atoms. The largest absolute Gasteiger partial charge is 0.368 e. The van der Waals surface area contributed by atoms with Crippen molar-refractivity contribution in [2.24, 2.45) is 10.7 Å². The van der Waals surface area contributed by atoms with Crippen molar-refractivity contribution in [1.82, 2.24) is 25.2 Å². The fourth-order valence-corrected chi connectivity index (χ4v) is 2.10. The van der Waals surface area contributed by atoms with Crippen molar-refractivity contribution in [3.05, 3.63) is 12.7 Å². The van der Waals surface area contributed by atoms with E-state index >= 15 is 0 Å². The number of nitrogens with two attached hydrogens (primary N) is 1. The zero-order chi connectivity index (χ0) is 14.1. The highest BCUT2D eigenvalue weighted by Crippen LogP contribution is 1.98. The summed E-state index contributed by atoms with van der Waals surface area (Å²) in [6.07, 6.45) is 4.92. The smallest absolute Gasteiger partial charge is 0.255 e. The number of rotatable bonds is 7. The van der Waals surface area contributed by atoms with Crippen LogP contribution < -0.4 is 16.0 Å². The third kappa shape index (κ3) is 6.62. The molecule has 0 aromatic carbocycles. The predicted octanol–water partition coefficient (Wildman–Crippen LogP) is -0.568. The highest BCUT2D eigenvalue weighted by molar-refractivity contribution is 7.89. The van der Waals surface area contributed by atoms with Gasteiger partial charge in [0.15, 0.2) is 0 Å². The van der Waals surface area contributed by atoms with Crippen molar-refractivity contribution >= 4 is 21.9 Å². The fraction of sp³-hybridized carbons (Fsp3) is 0.556. The predicted molar refractivity (Wildman–Crippen MR) is 70.7 cm³/mol. The van der Waals surface area contributed by atoms with Crippen LogP contribution in [0.2, 0.25) is 0 Å². The molecule has 0 aliphatic rings. The Morgan fingerprint density at radius 3 is 2.68 bits per heavy atom. The first-order valence-corrected chi connectivity index (χ1v) is 7.40. The van der Waals surface area contributed by atoms with Crippen LogP contribution in [0.15, 0.2) is 17.6 Å². The van der Waals surface area contributed by atoms with Gasteiger partial charge in [-0.2, -0.15) is 15.0 Å². The Balaban J connectivity index is 2.45. The lowest BCUT2D eigenvalue weighted by atomic mass is 10.3. The molecule has 10 heteroatoms. The van der Waals surface area contributed by atoms with E-state index < -0.39 is 10.0 Å². The molecule has 1 heterocycles. The van der Waals surface area contributed by atoms with E-state index in [1.165, 1.54) is 12.7 Å². The number of nitrogens with one attached hydrogen (secondary N) is 2. The van der Waals surface area contributed by atoms with Gasteiger partial charge in [0, 0.05) is 0 Å². The highest BCUT2D eigenvalue weighted by Gasteiger charge is 2.09. The van der Waals surface area contributed by atoms with Crippen LogP contribution in [-0.2, 0) is 10.0 Å². The Bertz CT molecular complexity index is 503. The molecule has 106 valence electrons. The first-order valence-electron chi connectivity index (χ1n) is 5.75. The van der Waals surface area contributed by atoms with Crippen molar-refractivity contribution in [2.75, 3.05) is 5.75 Å². The second kappa shape index (κ2) is 7.59. The molecule has 0 saturated heterocycles. The Morgan fingerprint density at radius 1 is 1.37 bits per heavy atom. The fourth-order valence-electron chi connectivity index (χ4n) is 1.15. The van der Waals surface area contributed by atoms with E-state index in [0.717, 1.165) is 12.8 Å². The minimum Gasteiger partial charge on any atom is -0.368 e. The molecule has 0 aliphatic heterocycles. The van der Waals surface area contributed by atoms with Crippen molar-refractivity contribution in [3.8, 4) is 0 Å². The van der Waals surface area contributed by atoms with Crippen LogP contribution in [-0.4, -0.2) is 35.1 Å². The molecular formula is C9H17N7O2S. The van der Waals surface area contributed by atoms with Crippen molar-refractivity contribution in [2.45, 2.75) is 26.2 Å². The van der Waals surface area contributed by atoms with Crippen LogP contribution in [0.4, 0.5) is 5.95 Å². The van der Waals surface area contributed by atoms with Gasteiger partial charge in [-0.15, -0.1) is 4.83 Å². The van der Waals surface area contributed by atoms with E-state index in [2.05, 4.69) is 30.2 Å². The molecule has 0 fully saturated rings. The van der Waals surface area contributed by atoms with Gasteiger partial charge in [0.2, 0.25) is 16.0 Å². The van der Waals surface area contributed by atoms with Crippen molar-refractivity contribution < 1.29 is 8.42 Å². The van der Waals surface area contributed by atoms with Gasteiger partial charge in [0.05, 0.1) is 5.75 Å². The topological polar surface area (TPSA) is 135 Å². The monoisotopic (exact) mass is 287 g/mol. The maximum atomic E-state index is 11.5. The molecule has 9 nitrogen and oxygen atoms in total. The van der Waals surface area contributed by atoms with E-state index in [0.29, 0.717) is 6.42 Å². The molecule has 19 heavy (non-hydrogen) atoms. The van der Waals surface area contributed by atoms with Gasteiger partial charge in [-0.3, -0.25) is 5.43 Å². The number of nitrogens with zero attached hydrogens (tertiary/aromatic N) is 4. The number of hydrogen-bond acceptors (Lipinski definition) is 6. The third-order valence-electron chi connectivity index (χ3n) is 2.05. The van der Waals surface area contributed by atoms with Gasteiger partial charge in [-0.25, -0.2) is 13.4 Å². The maximum absolute atomic E-state index is 11.5. The first kappa shape index (κ1) is 15.2. The Kier molecular flexibility index (Phi) is 6.09. The minimum absolute atomic E-state index is 0.0346. The maximum Gasteiger partial charge on any atom is 0.255 e. The number of aromatic nitrogens is 3. The summed E-state index contributed by atoms with van der Waals surface area (Å²) in [6.45, 7) is 2.00. The molecule has 0 amide bonds. The Labute approximate surface area is 111 Å². The van der Waals surface area contributed by atoms with Crippen LogP contribution in [0.5, 0.6) is 0 Å². The van der Waals surface area contributed by atoms with E-state index in [1.54, 1.807) is 0 Å². The lowest BCUT2D eigenvalue weighted by molar-refractivity contribution is 0.572. The molecule has 1 rings (SSSR count). The average Bonchev–Trinajstić information content (AvgIpc) is 2.38. The van der Waals surface area contributed by atoms with Gasteiger partial charge < -0.3 is 5.73 Å². The number of unbranched alkanes of at least 4 members (excludes halogenated alkanes) is 2. The summed E-state index contributed by atoms with van der Waals surface area (Å²) in [5, 5.41) is 0. The number of guanidine groups is 1. The standard InChI is InChI=1S/C9H17N7O2S/c1-2-3-4-5-19(17,18)16-15-8(10)14-9-12-6-11-7-13-9/h6-7,16H,2-5H2,1H3,(H3,10,11,12,13,14,15). The summed E-state index contributed by atoms with van der Waals surface area (Å²) in [4.78, 5) is 16.9. The summed E-state index contributed by atoms with van der Waals surface area (Å²) >= 11 is 0. The summed E-state index contributed by atoms with van der Waals surface area (Å²) in [7, 11) is -3.42. The van der Waals surface area contributed by atoms with Crippen molar-refractivity contribution in [1.29, 1.82) is 0 Å². The van der Waals surface area contributed by atoms with E-state index in [4.69, 9.17) is 5.73 Å². The van der Waals surface area contributed by atoms with E-state index in [1.807, 2.05) is 6.92 Å². The van der Waals surface area contributed by atoms with Crippen LogP contribution in [0.25, 0.3) is 0 Å². The van der Waals surface area contributed by atoms with Gasteiger partial charge in [-0.1, -0.05) is 19.8 Å². The molecule has 0 unspecified atom stereocenters. The lowest BCUT2D eigenvalue weighted by Crippen LogP contribution is -2.46. The summed E-state index contributed by atoms with van der Waals surface area (Å²) in [5.74, 6) is -0.0252. The number of hydrazine groups is 1. The molecule has 0 saturated carbocycles. The number of sulfonamides is 1. The van der Waals surface area contributed by atoms with Gasteiger partial charge >= 0.3 is 0 Å². The highest BCUT2D eigenvalue weighted by atomic mass is 32.2. The molecule has 0 radical (unpaired) electrons. The van der Waals surface area contributed by atoms with Crippen molar-refractivity contribution in [3.63, 3.8) is 0 Å². The average molecular weight is 287 g/mol. The quantitative estimate of drug-likeness (QED) is 0.264. The van der Waals surface area contributed by atoms with E-state index in [-0.39, 0.29) is 17.7 Å². The zero-order valence-corrected chi connectivity index (χ0v) is 11.4. The molecule has 0 spiro atoms. The second-order valence-corrected chi connectivity index (χ2v) is 5.53. The van der Waals surface area contributed by atoms with Gasteiger partial charge in [0.25, 0.3) is 5.95 Å². The van der Waals surface area contributed by atoms with Crippen LogP contribution in [0.3, 0.4) is 0 Å². The van der Waals surface area contributed by atoms with Gasteiger partial charge in [0.1, 0.15) is 12.7 Å². The van der Waals surface area contributed by atoms with Crippen LogP contribution in [0, 0.1) is 0 Å². The zero-order valence-electron chi connectivity index (χ0n) is 10.6. The molecule has 0 atom stereocenters. The second-order valence-electron chi connectivity index (χ2n) is 3.69. The normalized spacial score (nSPS) is 12.4. The van der Waals surface area contributed by atoms with Gasteiger partial charge in [-0.05, 0) is 6.42 Å². The molecule has 1 aromatic heterocycles. The number of hydrogen-bond donors (Lipinski definition) is 3. The molecule has 0 aliphatic carbocycles. The van der Waals surface area contributed by atoms with E-state index in [9.17, 15) is 8.42 Å². The van der Waals surface area contributed by atoms with Crippen LogP contribution in [0.1, 0.15) is 26.2 Å². The first-order chi connectivity index (χ1) is 9.03. The minimum atomic E-state index is -3.42. The molecular weight excluding hydrogens is 270 g/mol. The lowest BCUT2D eigenvalue weighted by Gasteiger charge is -2.07. The third-order valence-corrected chi connectivity index (χ3v) is 3.29. The molecule has 4 N–H and O–H groups in total. The SMILES string of the molecule is CCCCCS(=O)(=O)NNC(N)=Nc1ncncn1.